The number of carbonyl (C=O) groups is 2. The van der Waals surface area contributed by atoms with Crippen LogP contribution in [0.1, 0.15) is 22.6 Å². The fourth-order valence-corrected chi connectivity index (χ4v) is 3.66. The Morgan fingerprint density at radius 1 is 1.10 bits per heavy atom. The largest absolute Gasteiger partial charge is 0.295 e. The maximum absolute atomic E-state index is 12.9. The third kappa shape index (κ3) is 4.76. The van der Waals surface area contributed by atoms with E-state index in [1.165, 1.54) is 0 Å². The Bertz CT molecular complexity index is 1160. The number of imidazole rings is 1. The summed E-state index contributed by atoms with van der Waals surface area (Å²) in [5.74, 6) is -1.70. The number of hydrogen-bond acceptors (Lipinski definition) is 5. The van der Waals surface area contributed by atoms with Crippen molar-refractivity contribution in [3.63, 3.8) is 0 Å². The summed E-state index contributed by atoms with van der Waals surface area (Å²) in [7, 11) is -3.86. The molecule has 0 saturated carbocycles. The molecule has 0 unspecified atom stereocenters. The molecular formula is C18H18FN5O4S. The normalized spacial score (nSPS) is 11.4. The van der Waals surface area contributed by atoms with Crippen molar-refractivity contribution in [3.05, 3.63) is 65.9 Å². The fourth-order valence-electron chi connectivity index (χ4n) is 2.63. The van der Waals surface area contributed by atoms with Gasteiger partial charge in [-0.1, -0.05) is 6.07 Å². The van der Waals surface area contributed by atoms with Crippen molar-refractivity contribution in [2.24, 2.45) is 0 Å². The van der Waals surface area contributed by atoms with Crippen molar-refractivity contribution in [3.8, 4) is 0 Å². The zero-order valence-electron chi connectivity index (χ0n) is 15.3. The molecule has 2 heterocycles. The minimum absolute atomic E-state index is 0.115. The molecule has 3 aromatic rings. The first kappa shape index (κ1) is 20.4. The molecule has 0 radical (unpaired) electrons. The number of rotatable bonds is 6. The van der Waals surface area contributed by atoms with Gasteiger partial charge < -0.3 is 0 Å². The number of hydrogen-bond donors (Lipinski definition) is 3. The monoisotopic (exact) mass is 419 g/mol. The SMILES string of the molecule is Cc1nc2ccccn2c1C(=O)NNC(=O)CCNS(=O)(=O)c1ccc(F)cc1. The predicted octanol–water partition coefficient (Wildman–Crippen LogP) is 0.911. The van der Waals surface area contributed by atoms with E-state index >= 15 is 0 Å². The van der Waals surface area contributed by atoms with Crippen LogP contribution in [0.5, 0.6) is 0 Å². The summed E-state index contributed by atoms with van der Waals surface area (Å²) < 4.78 is 40.8. The van der Waals surface area contributed by atoms with Crippen LogP contribution in [0.2, 0.25) is 0 Å². The van der Waals surface area contributed by atoms with E-state index < -0.39 is 27.7 Å². The second-order valence-corrected chi connectivity index (χ2v) is 7.85. The van der Waals surface area contributed by atoms with Gasteiger partial charge in [0.15, 0.2) is 0 Å². The van der Waals surface area contributed by atoms with Gasteiger partial charge in [0.25, 0.3) is 5.91 Å². The summed E-state index contributed by atoms with van der Waals surface area (Å²) in [5.41, 5.74) is 5.88. The lowest BCUT2D eigenvalue weighted by Crippen LogP contribution is -2.43. The molecule has 0 bridgehead atoms. The van der Waals surface area contributed by atoms with E-state index in [-0.39, 0.29) is 23.6 Å². The van der Waals surface area contributed by atoms with Gasteiger partial charge in [0.05, 0.1) is 10.6 Å². The van der Waals surface area contributed by atoms with Gasteiger partial charge in [-0.25, -0.2) is 22.5 Å². The zero-order chi connectivity index (χ0) is 21.0. The van der Waals surface area contributed by atoms with Crippen molar-refractivity contribution in [2.45, 2.75) is 18.2 Å². The van der Waals surface area contributed by atoms with Crippen LogP contribution in [0.15, 0.2) is 53.6 Å². The minimum Gasteiger partial charge on any atom is -0.295 e. The van der Waals surface area contributed by atoms with E-state index in [1.54, 1.807) is 35.7 Å². The number of sulfonamides is 1. The number of fused-ring (bicyclic) bond motifs is 1. The second kappa shape index (κ2) is 8.37. The molecule has 0 atom stereocenters. The lowest BCUT2D eigenvalue weighted by atomic mass is 10.3. The van der Waals surface area contributed by atoms with E-state index in [1.807, 2.05) is 0 Å². The molecule has 9 nitrogen and oxygen atoms in total. The lowest BCUT2D eigenvalue weighted by molar-refractivity contribution is -0.121. The molecule has 2 aromatic heterocycles. The van der Waals surface area contributed by atoms with Gasteiger partial charge in [0.1, 0.15) is 17.2 Å². The highest BCUT2D eigenvalue weighted by atomic mass is 32.2. The summed E-state index contributed by atoms with van der Waals surface area (Å²) in [6, 6.07) is 9.58. The Kier molecular flexibility index (Phi) is 5.89. The summed E-state index contributed by atoms with van der Waals surface area (Å²) >= 11 is 0. The first-order chi connectivity index (χ1) is 13.8. The summed E-state index contributed by atoms with van der Waals surface area (Å²) in [5, 5.41) is 0. The number of hydrazine groups is 1. The molecule has 11 heteroatoms. The van der Waals surface area contributed by atoms with Gasteiger partial charge in [-0.3, -0.25) is 24.8 Å². The maximum atomic E-state index is 12.9. The first-order valence-corrected chi connectivity index (χ1v) is 10.0. The average Bonchev–Trinajstić information content (AvgIpc) is 3.02. The van der Waals surface area contributed by atoms with Crippen molar-refractivity contribution >= 4 is 27.5 Å². The molecule has 0 aliphatic carbocycles. The maximum Gasteiger partial charge on any atom is 0.288 e. The van der Waals surface area contributed by atoms with Crippen LogP contribution in [0.4, 0.5) is 4.39 Å². The molecule has 0 fully saturated rings. The average molecular weight is 419 g/mol. The van der Waals surface area contributed by atoms with Crippen LogP contribution in [0, 0.1) is 12.7 Å². The Morgan fingerprint density at radius 2 is 1.83 bits per heavy atom. The molecule has 29 heavy (non-hydrogen) atoms. The van der Waals surface area contributed by atoms with Crippen molar-refractivity contribution in [1.82, 2.24) is 25.0 Å². The molecule has 0 spiro atoms. The van der Waals surface area contributed by atoms with Crippen molar-refractivity contribution < 1.29 is 22.4 Å². The van der Waals surface area contributed by atoms with Crippen molar-refractivity contribution in [1.29, 1.82) is 0 Å². The molecule has 2 amide bonds. The smallest absolute Gasteiger partial charge is 0.288 e. The number of benzene rings is 1. The first-order valence-electron chi connectivity index (χ1n) is 8.56. The summed E-state index contributed by atoms with van der Waals surface area (Å²) in [6.07, 6.45) is 1.46. The number of aryl methyl sites for hydroxylation is 1. The summed E-state index contributed by atoms with van der Waals surface area (Å²) in [6.45, 7) is 1.48. The lowest BCUT2D eigenvalue weighted by Gasteiger charge is -2.09. The number of carbonyl (C=O) groups excluding carboxylic acids is 2. The van der Waals surface area contributed by atoms with Crippen LogP contribution in [-0.4, -0.2) is 36.2 Å². The van der Waals surface area contributed by atoms with Gasteiger partial charge in [-0.05, 0) is 43.3 Å². The zero-order valence-corrected chi connectivity index (χ0v) is 16.2. The number of nitrogens with one attached hydrogen (secondary N) is 3. The van der Waals surface area contributed by atoms with Gasteiger partial charge in [-0.2, -0.15) is 0 Å². The molecule has 3 N–H and O–H groups in total. The van der Waals surface area contributed by atoms with Crippen LogP contribution in [0.25, 0.3) is 5.65 Å². The highest BCUT2D eigenvalue weighted by Gasteiger charge is 2.17. The Labute approximate surface area is 166 Å². The minimum atomic E-state index is -3.86. The van der Waals surface area contributed by atoms with Crippen LogP contribution < -0.4 is 15.6 Å². The van der Waals surface area contributed by atoms with Gasteiger partial charge >= 0.3 is 0 Å². The third-order valence-corrected chi connectivity index (χ3v) is 5.48. The number of halogens is 1. The van der Waals surface area contributed by atoms with E-state index in [4.69, 9.17) is 0 Å². The fraction of sp³-hybridized carbons (Fsp3) is 0.167. The number of nitrogens with zero attached hydrogens (tertiary/aromatic N) is 2. The number of pyridine rings is 1. The summed E-state index contributed by atoms with van der Waals surface area (Å²) in [4.78, 5) is 28.4. The van der Waals surface area contributed by atoms with Gasteiger partial charge in [-0.15, -0.1) is 0 Å². The van der Waals surface area contributed by atoms with Crippen molar-refractivity contribution in [2.75, 3.05) is 6.54 Å². The molecule has 3 rings (SSSR count). The molecule has 0 saturated heterocycles. The van der Waals surface area contributed by atoms with Crippen LogP contribution >= 0.6 is 0 Å². The van der Waals surface area contributed by atoms with E-state index in [2.05, 4.69) is 20.6 Å². The van der Waals surface area contributed by atoms with Crippen LogP contribution in [-0.2, 0) is 14.8 Å². The molecule has 1 aromatic carbocycles. The second-order valence-electron chi connectivity index (χ2n) is 6.08. The highest BCUT2D eigenvalue weighted by molar-refractivity contribution is 7.89. The number of amides is 2. The Morgan fingerprint density at radius 3 is 2.55 bits per heavy atom. The molecule has 0 aliphatic rings. The quantitative estimate of drug-likeness (QED) is 0.513. The Balaban J connectivity index is 1.51. The third-order valence-electron chi connectivity index (χ3n) is 4.00. The van der Waals surface area contributed by atoms with Gasteiger partial charge in [0.2, 0.25) is 15.9 Å². The topological polar surface area (TPSA) is 122 Å². The predicted molar refractivity (Wildman–Crippen MR) is 102 cm³/mol. The van der Waals surface area contributed by atoms with E-state index in [0.29, 0.717) is 11.3 Å². The Hall–Kier alpha value is -3.31. The van der Waals surface area contributed by atoms with Gasteiger partial charge in [0, 0.05) is 19.2 Å². The van der Waals surface area contributed by atoms with E-state index in [0.717, 1.165) is 24.3 Å². The standard InChI is InChI=1S/C18H18FN5O4S/c1-12-17(24-11-3-2-4-15(24)21-12)18(26)23-22-16(25)9-10-20-29(27,28)14-7-5-13(19)6-8-14/h2-8,11,20H,9-10H2,1H3,(H,22,25)(H,23,26). The number of aromatic nitrogens is 2. The molecular weight excluding hydrogens is 401 g/mol. The molecule has 152 valence electrons. The van der Waals surface area contributed by atoms with Crippen LogP contribution in [0.3, 0.4) is 0 Å². The highest BCUT2D eigenvalue weighted by Crippen LogP contribution is 2.11. The van der Waals surface area contributed by atoms with E-state index in [9.17, 15) is 22.4 Å². The molecule has 0 aliphatic heterocycles.